The number of nitrogens with one attached hydrogen (secondary N) is 1. The molecule has 118 valence electrons. The lowest BCUT2D eigenvalue weighted by molar-refractivity contribution is 0.0237. The zero-order chi connectivity index (χ0) is 15.5. The molecule has 0 spiro atoms. The molecule has 0 aromatic heterocycles. The van der Waals surface area contributed by atoms with E-state index in [0.29, 0.717) is 12.6 Å². The van der Waals surface area contributed by atoms with E-state index in [4.69, 9.17) is 0 Å². The molecule has 0 saturated carbocycles. The highest BCUT2D eigenvalue weighted by atomic mass is 19.2. The molecule has 1 aromatic carbocycles. The minimum atomic E-state index is -0.775. The van der Waals surface area contributed by atoms with Gasteiger partial charge in [-0.05, 0) is 37.0 Å². The van der Waals surface area contributed by atoms with E-state index < -0.39 is 11.6 Å². The van der Waals surface area contributed by atoms with Gasteiger partial charge in [-0.25, -0.2) is 8.78 Å². The van der Waals surface area contributed by atoms with Crippen molar-refractivity contribution in [2.75, 3.05) is 13.1 Å². The van der Waals surface area contributed by atoms with E-state index in [0.717, 1.165) is 37.9 Å². The molecule has 0 aliphatic carbocycles. The number of piperazine rings is 1. The second kappa shape index (κ2) is 6.84. The first-order chi connectivity index (χ1) is 10.0. The van der Waals surface area contributed by atoms with Crippen LogP contribution in [0.5, 0.6) is 0 Å². The topological polar surface area (TPSA) is 15.3 Å². The molecule has 0 amide bonds. The SMILES string of the molecule is CCC1CN(Cc2ccc(F)c(F)c2)C(CC)(CC)CN1. The molecule has 1 atom stereocenters. The molecular weight excluding hydrogens is 270 g/mol. The maximum Gasteiger partial charge on any atom is 0.159 e. The predicted octanol–water partition coefficient (Wildman–Crippen LogP) is 3.71. The van der Waals surface area contributed by atoms with Gasteiger partial charge in [0.1, 0.15) is 0 Å². The van der Waals surface area contributed by atoms with Crippen LogP contribution in [0.25, 0.3) is 0 Å². The number of nitrogens with zero attached hydrogens (tertiary/aromatic N) is 1. The van der Waals surface area contributed by atoms with Crippen LogP contribution in [-0.2, 0) is 6.54 Å². The fourth-order valence-corrected chi connectivity index (χ4v) is 3.28. The Labute approximate surface area is 126 Å². The fourth-order valence-electron chi connectivity index (χ4n) is 3.28. The third kappa shape index (κ3) is 3.43. The van der Waals surface area contributed by atoms with Gasteiger partial charge in [0.05, 0.1) is 0 Å². The Balaban J connectivity index is 2.21. The summed E-state index contributed by atoms with van der Waals surface area (Å²) in [5.41, 5.74) is 0.952. The number of halogens is 2. The van der Waals surface area contributed by atoms with Gasteiger partial charge >= 0.3 is 0 Å². The van der Waals surface area contributed by atoms with Gasteiger partial charge in [-0.1, -0.05) is 26.8 Å². The van der Waals surface area contributed by atoms with Gasteiger partial charge in [0.25, 0.3) is 0 Å². The number of hydrogen-bond donors (Lipinski definition) is 1. The molecule has 4 heteroatoms. The summed E-state index contributed by atoms with van der Waals surface area (Å²) in [6.45, 7) is 9.18. The molecule has 1 unspecified atom stereocenters. The lowest BCUT2D eigenvalue weighted by atomic mass is 9.86. The zero-order valence-electron chi connectivity index (χ0n) is 13.3. The van der Waals surface area contributed by atoms with Gasteiger partial charge in [-0.2, -0.15) is 0 Å². The van der Waals surface area contributed by atoms with Crippen LogP contribution < -0.4 is 5.32 Å². The van der Waals surface area contributed by atoms with Crippen LogP contribution in [-0.4, -0.2) is 29.6 Å². The van der Waals surface area contributed by atoms with Crippen LogP contribution in [0.3, 0.4) is 0 Å². The maximum atomic E-state index is 13.4. The third-order valence-electron chi connectivity index (χ3n) is 5.00. The quantitative estimate of drug-likeness (QED) is 0.891. The molecule has 21 heavy (non-hydrogen) atoms. The summed E-state index contributed by atoms with van der Waals surface area (Å²) >= 11 is 0. The molecule has 0 bridgehead atoms. The highest BCUT2D eigenvalue weighted by Gasteiger charge is 2.38. The molecule has 1 aromatic rings. The molecule has 0 radical (unpaired) electrons. The van der Waals surface area contributed by atoms with Crippen molar-refractivity contribution in [1.82, 2.24) is 10.2 Å². The maximum absolute atomic E-state index is 13.4. The van der Waals surface area contributed by atoms with E-state index in [1.54, 1.807) is 6.07 Å². The van der Waals surface area contributed by atoms with E-state index in [2.05, 4.69) is 31.0 Å². The molecule has 2 rings (SSSR count). The van der Waals surface area contributed by atoms with Gasteiger partial charge in [-0.3, -0.25) is 4.90 Å². The van der Waals surface area contributed by atoms with Crippen molar-refractivity contribution >= 4 is 0 Å². The van der Waals surface area contributed by atoms with E-state index in [9.17, 15) is 8.78 Å². The van der Waals surface area contributed by atoms with Crippen LogP contribution in [0.4, 0.5) is 8.78 Å². The van der Waals surface area contributed by atoms with Crippen LogP contribution in [0.1, 0.15) is 45.6 Å². The molecule has 1 aliphatic heterocycles. The lowest BCUT2D eigenvalue weighted by Crippen LogP contribution is -2.63. The molecule has 1 aliphatic rings. The largest absolute Gasteiger partial charge is 0.311 e. The highest BCUT2D eigenvalue weighted by molar-refractivity contribution is 5.18. The van der Waals surface area contributed by atoms with Gasteiger partial charge in [0.2, 0.25) is 0 Å². The summed E-state index contributed by atoms with van der Waals surface area (Å²) < 4.78 is 26.5. The Morgan fingerprint density at radius 2 is 1.90 bits per heavy atom. The Morgan fingerprint density at radius 3 is 2.48 bits per heavy atom. The van der Waals surface area contributed by atoms with Crippen molar-refractivity contribution in [2.24, 2.45) is 0 Å². The number of benzene rings is 1. The minimum absolute atomic E-state index is 0.108. The van der Waals surface area contributed by atoms with Crippen LogP contribution in [0.2, 0.25) is 0 Å². The highest BCUT2D eigenvalue weighted by Crippen LogP contribution is 2.29. The van der Waals surface area contributed by atoms with E-state index in [1.807, 2.05) is 0 Å². The van der Waals surface area contributed by atoms with Crippen LogP contribution in [0.15, 0.2) is 18.2 Å². The van der Waals surface area contributed by atoms with Crippen molar-refractivity contribution in [3.8, 4) is 0 Å². The average molecular weight is 296 g/mol. The summed E-state index contributed by atoms with van der Waals surface area (Å²) in [6, 6.07) is 4.72. The average Bonchev–Trinajstić information content (AvgIpc) is 2.51. The first-order valence-corrected chi connectivity index (χ1v) is 7.97. The van der Waals surface area contributed by atoms with Crippen molar-refractivity contribution in [1.29, 1.82) is 0 Å². The predicted molar refractivity (Wildman–Crippen MR) is 82.2 cm³/mol. The monoisotopic (exact) mass is 296 g/mol. The molecule has 1 heterocycles. The first kappa shape index (κ1) is 16.4. The van der Waals surface area contributed by atoms with Gasteiger partial charge in [0, 0.05) is 31.2 Å². The second-order valence-electron chi connectivity index (χ2n) is 6.05. The van der Waals surface area contributed by atoms with Crippen LogP contribution >= 0.6 is 0 Å². The number of rotatable bonds is 5. The summed E-state index contributed by atoms with van der Waals surface area (Å²) in [7, 11) is 0. The summed E-state index contributed by atoms with van der Waals surface area (Å²) in [4.78, 5) is 2.45. The van der Waals surface area contributed by atoms with Crippen molar-refractivity contribution in [3.63, 3.8) is 0 Å². The van der Waals surface area contributed by atoms with E-state index in [-0.39, 0.29) is 5.54 Å². The van der Waals surface area contributed by atoms with Gasteiger partial charge in [0.15, 0.2) is 11.6 Å². The summed E-state index contributed by atoms with van der Waals surface area (Å²) in [5.74, 6) is -1.53. The Kier molecular flexibility index (Phi) is 5.33. The summed E-state index contributed by atoms with van der Waals surface area (Å²) in [5, 5.41) is 3.62. The molecular formula is C17H26F2N2. The molecule has 1 saturated heterocycles. The normalized spacial score (nSPS) is 22.4. The number of hydrogen-bond acceptors (Lipinski definition) is 2. The fraction of sp³-hybridized carbons (Fsp3) is 0.647. The third-order valence-corrected chi connectivity index (χ3v) is 5.00. The lowest BCUT2D eigenvalue weighted by Gasteiger charge is -2.49. The standard InChI is InChI=1S/C17H26F2N2/c1-4-14-11-21(17(5-2,6-3)12-20-14)10-13-7-8-15(18)16(19)9-13/h7-9,14,20H,4-6,10-12H2,1-3H3. The Bertz CT molecular complexity index is 472. The van der Waals surface area contributed by atoms with Gasteiger partial charge in [-0.15, -0.1) is 0 Å². The Morgan fingerprint density at radius 1 is 1.19 bits per heavy atom. The van der Waals surface area contributed by atoms with Gasteiger partial charge < -0.3 is 5.32 Å². The van der Waals surface area contributed by atoms with Crippen molar-refractivity contribution < 1.29 is 8.78 Å². The minimum Gasteiger partial charge on any atom is -0.311 e. The molecule has 1 fully saturated rings. The van der Waals surface area contributed by atoms with Crippen molar-refractivity contribution in [2.45, 2.75) is 58.2 Å². The van der Waals surface area contributed by atoms with E-state index in [1.165, 1.54) is 12.1 Å². The second-order valence-corrected chi connectivity index (χ2v) is 6.05. The summed E-state index contributed by atoms with van der Waals surface area (Å²) in [6.07, 6.45) is 3.19. The Hall–Kier alpha value is -1.00. The first-order valence-electron chi connectivity index (χ1n) is 7.97. The van der Waals surface area contributed by atoms with E-state index >= 15 is 0 Å². The van der Waals surface area contributed by atoms with Crippen molar-refractivity contribution in [3.05, 3.63) is 35.4 Å². The molecule has 1 N–H and O–H groups in total. The van der Waals surface area contributed by atoms with Crippen LogP contribution in [0, 0.1) is 11.6 Å². The molecule has 2 nitrogen and oxygen atoms in total. The zero-order valence-corrected chi connectivity index (χ0v) is 13.3. The smallest absolute Gasteiger partial charge is 0.159 e.